The van der Waals surface area contributed by atoms with E-state index in [1.54, 1.807) is 11.3 Å². The molecule has 0 saturated heterocycles. The molecule has 0 spiro atoms. The first kappa shape index (κ1) is 13.9. The average Bonchev–Trinajstić information content (AvgIpc) is 2.71. The van der Waals surface area contributed by atoms with E-state index in [9.17, 15) is 4.79 Å². The van der Waals surface area contributed by atoms with E-state index in [-0.39, 0.29) is 24.9 Å². The average molecular weight is 272 g/mol. The Balaban J connectivity index is 0.00000144. The number of amides is 1. The summed E-state index contributed by atoms with van der Waals surface area (Å²) >= 11 is 1.66. The molecule has 1 heterocycles. The Hall–Kier alpha value is -1.17. The van der Waals surface area contributed by atoms with Crippen molar-refractivity contribution in [3.05, 3.63) is 29.3 Å². The number of hydrogen-bond donors (Lipinski definition) is 2. The highest BCUT2D eigenvalue weighted by atomic mass is 35.5. The topological polar surface area (TPSA) is 68.0 Å². The molecule has 2 rings (SSSR count). The summed E-state index contributed by atoms with van der Waals surface area (Å²) in [7, 11) is 0. The Kier molecular flexibility index (Phi) is 5.34. The van der Waals surface area contributed by atoms with E-state index in [2.05, 4.69) is 16.4 Å². The molecule has 0 aliphatic heterocycles. The normalized spacial score (nSPS) is 9.94. The maximum absolute atomic E-state index is 10.9. The van der Waals surface area contributed by atoms with Crippen LogP contribution in [0.5, 0.6) is 0 Å². The molecule has 0 aliphatic carbocycles. The fraction of sp³-hybridized carbons (Fsp3) is 0.273. The molecule has 1 amide bonds. The van der Waals surface area contributed by atoms with Gasteiger partial charge in [-0.05, 0) is 12.1 Å². The molecule has 6 heteroatoms. The first-order valence-electron chi connectivity index (χ1n) is 5.11. The van der Waals surface area contributed by atoms with E-state index in [0.717, 1.165) is 16.9 Å². The molecular weight excluding hydrogens is 258 g/mol. The molecule has 0 unspecified atom stereocenters. The standard InChI is InChI=1S/C11H13N3OS.ClH/c12-7-10(15)13-6-5-11-14-8-3-1-2-4-9(8)16-11;/h1-4H,5-7,12H2,(H,13,15);1H. The number of fused-ring (bicyclic) bond motifs is 1. The zero-order valence-corrected chi connectivity index (χ0v) is 10.8. The van der Waals surface area contributed by atoms with Crippen molar-refractivity contribution in [2.24, 2.45) is 5.73 Å². The SMILES string of the molecule is Cl.NCC(=O)NCCc1nc2ccccc2s1. The second-order valence-electron chi connectivity index (χ2n) is 3.38. The van der Waals surface area contributed by atoms with Crippen molar-refractivity contribution in [1.29, 1.82) is 0 Å². The number of aromatic nitrogens is 1. The molecule has 0 atom stereocenters. The van der Waals surface area contributed by atoms with Gasteiger partial charge in [0.05, 0.1) is 21.8 Å². The largest absolute Gasteiger partial charge is 0.355 e. The van der Waals surface area contributed by atoms with Crippen LogP contribution in [0.15, 0.2) is 24.3 Å². The third-order valence-electron chi connectivity index (χ3n) is 2.18. The minimum Gasteiger partial charge on any atom is -0.355 e. The molecule has 17 heavy (non-hydrogen) atoms. The fourth-order valence-corrected chi connectivity index (χ4v) is 2.37. The summed E-state index contributed by atoms with van der Waals surface area (Å²) in [5.74, 6) is -0.124. The number of thiazole rings is 1. The second kappa shape index (κ2) is 6.54. The number of carbonyl (C=O) groups is 1. The highest BCUT2D eigenvalue weighted by molar-refractivity contribution is 7.18. The summed E-state index contributed by atoms with van der Waals surface area (Å²) in [6.45, 7) is 0.635. The van der Waals surface area contributed by atoms with Gasteiger partial charge in [0.2, 0.25) is 5.91 Å². The Morgan fingerprint density at radius 2 is 2.18 bits per heavy atom. The Morgan fingerprint density at radius 3 is 2.88 bits per heavy atom. The molecule has 4 nitrogen and oxygen atoms in total. The maximum atomic E-state index is 10.9. The van der Waals surface area contributed by atoms with Crippen LogP contribution in [0.1, 0.15) is 5.01 Å². The first-order chi connectivity index (χ1) is 7.79. The maximum Gasteiger partial charge on any atom is 0.233 e. The fourth-order valence-electron chi connectivity index (χ4n) is 1.41. The lowest BCUT2D eigenvalue weighted by Gasteiger charge is -1.99. The van der Waals surface area contributed by atoms with Gasteiger partial charge in [0.25, 0.3) is 0 Å². The minimum absolute atomic E-state index is 0. The quantitative estimate of drug-likeness (QED) is 0.882. The minimum atomic E-state index is -0.124. The molecule has 3 N–H and O–H groups in total. The third kappa shape index (κ3) is 3.66. The van der Waals surface area contributed by atoms with Crippen molar-refractivity contribution in [1.82, 2.24) is 10.3 Å². The van der Waals surface area contributed by atoms with E-state index in [4.69, 9.17) is 5.73 Å². The predicted molar refractivity (Wildman–Crippen MR) is 72.6 cm³/mol. The highest BCUT2D eigenvalue weighted by Crippen LogP contribution is 2.21. The molecular formula is C11H14ClN3OS. The van der Waals surface area contributed by atoms with Gasteiger partial charge in [0.1, 0.15) is 0 Å². The summed E-state index contributed by atoms with van der Waals surface area (Å²) in [4.78, 5) is 15.4. The summed E-state index contributed by atoms with van der Waals surface area (Å²) in [5, 5.41) is 3.77. The van der Waals surface area contributed by atoms with Gasteiger partial charge in [-0.3, -0.25) is 4.79 Å². The van der Waals surface area contributed by atoms with E-state index in [1.165, 1.54) is 4.70 Å². The lowest BCUT2D eigenvalue weighted by atomic mass is 10.3. The van der Waals surface area contributed by atoms with Gasteiger partial charge in [-0.2, -0.15) is 0 Å². The molecule has 0 fully saturated rings. The number of rotatable bonds is 4. The van der Waals surface area contributed by atoms with Crippen molar-refractivity contribution >= 4 is 39.9 Å². The van der Waals surface area contributed by atoms with E-state index in [0.29, 0.717) is 6.54 Å². The molecule has 2 aromatic rings. The Bertz CT molecular complexity index is 467. The first-order valence-corrected chi connectivity index (χ1v) is 5.92. The summed E-state index contributed by atoms with van der Waals surface area (Å²) in [6, 6.07) is 8.02. The van der Waals surface area contributed by atoms with E-state index < -0.39 is 0 Å². The zero-order valence-electron chi connectivity index (χ0n) is 9.18. The molecule has 92 valence electrons. The molecule has 0 saturated carbocycles. The number of nitrogens with two attached hydrogens (primary N) is 1. The van der Waals surface area contributed by atoms with Gasteiger partial charge in [0, 0.05) is 13.0 Å². The zero-order chi connectivity index (χ0) is 11.4. The highest BCUT2D eigenvalue weighted by Gasteiger charge is 2.03. The third-order valence-corrected chi connectivity index (χ3v) is 3.28. The van der Waals surface area contributed by atoms with Gasteiger partial charge in [-0.25, -0.2) is 4.98 Å². The Labute approximate surface area is 110 Å². The van der Waals surface area contributed by atoms with Crippen LogP contribution in [-0.4, -0.2) is 24.0 Å². The van der Waals surface area contributed by atoms with Gasteiger partial charge >= 0.3 is 0 Å². The van der Waals surface area contributed by atoms with Crippen LogP contribution >= 0.6 is 23.7 Å². The number of hydrogen-bond acceptors (Lipinski definition) is 4. The number of nitrogens with one attached hydrogen (secondary N) is 1. The van der Waals surface area contributed by atoms with Crippen molar-refractivity contribution < 1.29 is 4.79 Å². The lowest BCUT2D eigenvalue weighted by Crippen LogP contribution is -2.31. The van der Waals surface area contributed by atoms with Crippen molar-refractivity contribution in [2.75, 3.05) is 13.1 Å². The van der Waals surface area contributed by atoms with Gasteiger partial charge in [0.15, 0.2) is 0 Å². The number of para-hydroxylation sites is 1. The summed E-state index contributed by atoms with van der Waals surface area (Å²) < 4.78 is 1.18. The summed E-state index contributed by atoms with van der Waals surface area (Å²) in [5.41, 5.74) is 6.21. The molecule has 1 aromatic carbocycles. The monoisotopic (exact) mass is 271 g/mol. The van der Waals surface area contributed by atoms with Crippen LogP contribution < -0.4 is 11.1 Å². The molecule has 1 aromatic heterocycles. The van der Waals surface area contributed by atoms with Crippen LogP contribution in [0.4, 0.5) is 0 Å². The smallest absolute Gasteiger partial charge is 0.233 e. The lowest BCUT2D eigenvalue weighted by molar-refractivity contribution is -0.119. The van der Waals surface area contributed by atoms with Gasteiger partial charge < -0.3 is 11.1 Å². The Morgan fingerprint density at radius 1 is 1.41 bits per heavy atom. The van der Waals surface area contributed by atoms with Crippen LogP contribution in [0, 0.1) is 0 Å². The number of nitrogens with zero attached hydrogens (tertiary/aromatic N) is 1. The molecule has 0 bridgehead atoms. The van der Waals surface area contributed by atoms with Crippen molar-refractivity contribution in [3.63, 3.8) is 0 Å². The van der Waals surface area contributed by atoms with E-state index >= 15 is 0 Å². The summed E-state index contributed by atoms with van der Waals surface area (Å²) in [6.07, 6.45) is 0.755. The van der Waals surface area contributed by atoms with Crippen molar-refractivity contribution in [2.45, 2.75) is 6.42 Å². The number of benzene rings is 1. The second-order valence-corrected chi connectivity index (χ2v) is 4.49. The van der Waals surface area contributed by atoms with Gasteiger partial charge in [-0.15, -0.1) is 23.7 Å². The van der Waals surface area contributed by atoms with E-state index in [1.807, 2.05) is 18.2 Å². The van der Waals surface area contributed by atoms with Crippen LogP contribution in [0.25, 0.3) is 10.2 Å². The predicted octanol–water partition coefficient (Wildman–Crippen LogP) is 1.34. The molecule has 0 aliphatic rings. The van der Waals surface area contributed by atoms with Gasteiger partial charge in [-0.1, -0.05) is 12.1 Å². The van der Waals surface area contributed by atoms with Crippen LogP contribution in [0.3, 0.4) is 0 Å². The van der Waals surface area contributed by atoms with Crippen LogP contribution in [0.2, 0.25) is 0 Å². The number of carbonyl (C=O) groups excluding carboxylic acids is 1. The van der Waals surface area contributed by atoms with Crippen molar-refractivity contribution in [3.8, 4) is 0 Å². The number of halogens is 1. The van der Waals surface area contributed by atoms with Crippen LogP contribution in [-0.2, 0) is 11.2 Å². The molecule has 0 radical (unpaired) electrons.